The fraction of sp³-hybridized carbons (Fsp3) is 0.281. The number of phenols is 1. The lowest BCUT2D eigenvalue weighted by atomic mass is 9.80. The van der Waals surface area contributed by atoms with E-state index in [9.17, 15) is 5.11 Å². The quantitative estimate of drug-likeness (QED) is 0.471. The first kappa shape index (κ1) is 24.5. The largest absolute Gasteiger partial charge is 0.508 e. The van der Waals surface area contributed by atoms with Gasteiger partial charge in [-0.3, -0.25) is 0 Å². The van der Waals surface area contributed by atoms with E-state index in [0.29, 0.717) is 5.75 Å². The number of hydrogen-bond donors (Lipinski definition) is 1. The molecule has 1 N–H and O–H groups in total. The van der Waals surface area contributed by atoms with Crippen LogP contribution in [0.1, 0.15) is 45.7 Å². The van der Waals surface area contributed by atoms with Gasteiger partial charge in [0.25, 0.3) is 0 Å². The van der Waals surface area contributed by atoms with Crippen LogP contribution in [0.3, 0.4) is 0 Å². The lowest BCUT2D eigenvalue weighted by Crippen LogP contribution is -2.36. The molecule has 0 aromatic heterocycles. The predicted molar refractivity (Wildman–Crippen MR) is 150 cm³/mol. The van der Waals surface area contributed by atoms with Crippen LogP contribution in [-0.2, 0) is 10.8 Å². The van der Waals surface area contributed by atoms with E-state index in [-0.39, 0.29) is 10.8 Å². The number of benzene rings is 2. The Morgan fingerprint density at radius 2 is 1.71 bits per heavy atom. The maximum Gasteiger partial charge on any atom is 0.210 e. The average molecular weight is 466 g/mol. The van der Waals surface area contributed by atoms with E-state index in [0.717, 1.165) is 11.3 Å². The van der Waals surface area contributed by atoms with Crippen molar-refractivity contribution in [3.05, 3.63) is 101 Å². The molecule has 2 aromatic carbocycles. The summed E-state index contributed by atoms with van der Waals surface area (Å²) in [5.74, 6) is 0.309. The molecule has 3 nitrogen and oxygen atoms in total. The minimum Gasteiger partial charge on any atom is -0.508 e. The van der Waals surface area contributed by atoms with E-state index in [1.165, 1.54) is 33.1 Å². The normalized spacial score (nSPS) is 20.5. The molecule has 35 heavy (non-hydrogen) atoms. The van der Waals surface area contributed by atoms with Crippen molar-refractivity contribution in [2.75, 3.05) is 19.0 Å². The highest BCUT2D eigenvalue weighted by atomic mass is 16.3. The molecular weight excluding hydrogens is 428 g/mol. The van der Waals surface area contributed by atoms with E-state index in [2.05, 4.69) is 119 Å². The van der Waals surface area contributed by atoms with E-state index in [4.69, 9.17) is 0 Å². The Bertz CT molecular complexity index is 1450. The van der Waals surface area contributed by atoms with Crippen molar-refractivity contribution in [2.24, 2.45) is 0 Å². The number of fused-ring (bicyclic) bond motifs is 2. The van der Waals surface area contributed by atoms with Crippen molar-refractivity contribution in [3.63, 3.8) is 0 Å². The van der Waals surface area contributed by atoms with Gasteiger partial charge < -0.3 is 10.0 Å². The fourth-order valence-corrected chi connectivity index (χ4v) is 5.79. The highest BCUT2D eigenvalue weighted by molar-refractivity contribution is 6.03. The van der Waals surface area contributed by atoms with E-state index < -0.39 is 0 Å². The Kier molecular flexibility index (Phi) is 6.23. The minimum atomic E-state index is -0.174. The molecule has 0 saturated carbocycles. The van der Waals surface area contributed by atoms with Gasteiger partial charge in [0, 0.05) is 41.6 Å². The van der Waals surface area contributed by atoms with Crippen LogP contribution in [0.25, 0.3) is 12.2 Å². The third kappa shape index (κ3) is 3.89. The summed E-state index contributed by atoms with van der Waals surface area (Å²) in [5.41, 5.74) is 7.04. The lowest BCUT2D eigenvalue weighted by Gasteiger charge is -2.23. The second-order valence-corrected chi connectivity index (χ2v) is 10.4. The van der Waals surface area contributed by atoms with Crippen molar-refractivity contribution in [1.29, 1.82) is 0 Å². The van der Waals surface area contributed by atoms with Gasteiger partial charge in [-0.1, -0.05) is 56.9 Å². The Labute approximate surface area is 209 Å². The van der Waals surface area contributed by atoms with Crippen LogP contribution in [0, 0.1) is 0 Å². The SMILES string of the molecule is C=C/C=c1/c2c(cc/c1=C/C)[N+](C)=C(/C=C/C=C/C=C1/N(C)c3ccc(O)cc3C1(C)C)C2(C)C. The molecule has 2 heterocycles. The minimum absolute atomic E-state index is 0.127. The summed E-state index contributed by atoms with van der Waals surface area (Å²) >= 11 is 0. The molecule has 0 atom stereocenters. The zero-order valence-corrected chi connectivity index (χ0v) is 22.1. The van der Waals surface area contributed by atoms with Gasteiger partial charge in [0.2, 0.25) is 5.69 Å². The first-order valence-corrected chi connectivity index (χ1v) is 12.2. The van der Waals surface area contributed by atoms with Gasteiger partial charge in [-0.05, 0) is 67.1 Å². The lowest BCUT2D eigenvalue weighted by molar-refractivity contribution is -0.401. The average Bonchev–Trinajstić information content (AvgIpc) is 3.12. The van der Waals surface area contributed by atoms with Gasteiger partial charge in [-0.15, -0.1) is 0 Å². The highest BCUT2D eigenvalue weighted by Crippen LogP contribution is 2.47. The smallest absolute Gasteiger partial charge is 0.210 e. The van der Waals surface area contributed by atoms with Crippen molar-refractivity contribution in [1.82, 2.24) is 0 Å². The van der Waals surface area contributed by atoms with Crippen LogP contribution < -0.4 is 15.3 Å². The number of rotatable bonds is 4. The highest BCUT2D eigenvalue weighted by Gasteiger charge is 2.43. The summed E-state index contributed by atoms with van der Waals surface area (Å²) in [6.07, 6.45) is 16.9. The molecule has 3 heteroatoms. The van der Waals surface area contributed by atoms with E-state index in [1.807, 2.05) is 18.2 Å². The first-order chi connectivity index (χ1) is 16.6. The summed E-state index contributed by atoms with van der Waals surface area (Å²) in [7, 11) is 4.23. The summed E-state index contributed by atoms with van der Waals surface area (Å²) < 4.78 is 2.30. The number of allylic oxidation sites excluding steroid dienone is 7. The Hall–Kier alpha value is -3.59. The second kappa shape index (κ2) is 8.88. The summed E-state index contributed by atoms with van der Waals surface area (Å²) in [4.78, 5) is 2.21. The number of phenolic OH excluding ortho intramolecular Hbond substituents is 1. The fourth-order valence-electron chi connectivity index (χ4n) is 5.79. The molecule has 0 unspecified atom stereocenters. The van der Waals surface area contributed by atoms with Crippen LogP contribution in [0.5, 0.6) is 5.75 Å². The molecule has 0 aliphatic carbocycles. The molecule has 0 bridgehead atoms. The second-order valence-electron chi connectivity index (χ2n) is 10.4. The first-order valence-electron chi connectivity index (χ1n) is 12.2. The number of likely N-dealkylation sites (N-methyl/N-ethyl adjacent to an activating group) is 1. The summed E-state index contributed by atoms with van der Waals surface area (Å²) in [6.45, 7) is 15.0. The van der Waals surface area contributed by atoms with Gasteiger partial charge >= 0.3 is 0 Å². The molecule has 180 valence electrons. The predicted octanol–water partition coefficient (Wildman–Crippen LogP) is 5.59. The topological polar surface area (TPSA) is 26.5 Å². The van der Waals surface area contributed by atoms with Crippen molar-refractivity contribution < 1.29 is 9.68 Å². The molecule has 0 spiro atoms. The van der Waals surface area contributed by atoms with Crippen molar-refractivity contribution in [3.8, 4) is 5.75 Å². The summed E-state index contributed by atoms with van der Waals surface area (Å²) in [5, 5.41) is 12.5. The Morgan fingerprint density at radius 3 is 2.40 bits per heavy atom. The van der Waals surface area contributed by atoms with E-state index >= 15 is 0 Å². The summed E-state index contributed by atoms with van der Waals surface area (Å²) in [6, 6.07) is 10.0. The van der Waals surface area contributed by atoms with Crippen LogP contribution >= 0.6 is 0 Å². The number of anilines is 1. The maximum absolute atomic E-state index is 9.98. The molecular formula is C32H37N2O+. The van der Waals surface area contributed by atoms with Crippen LogP contribution in [-0.4, -0.2) is 29.5 Å². The zero-order chi connectivity index (χ0) is 25.5. The van der Waals surface area contributed by atoms with Gasteiger partial charge in [0.15, 0.2) is 5.71 Å². The molecule has 2 aromatic rings. The standard InChI is InChI=1S/C32H36N2O/c1-9-14-24-22(10-2)17-19-27-30(24)32(5,6)29(34(27)8)16-13-11-12-15-28-31(3,4)25-21-23(35)18-20-26(25)33(28)7/h9-21H,1H2,2-8H3/p+1/b22-10-,24-14+. The molecule has 0 amide bonds. The van der Waals surface area contributed by atoms with Crippen molar-refractivity contribution >= 4 is 29.2 Å². The zero-order valence-electron chi connectivity index (χ0n) is 22.1. The molecule has 0 saturated heterocycles. The molecule has 2 aliphatic rings. The van der Waals surface area contributed by atoms with Gasteiger partial charge in [0.05, 0.1) is 5.41 Å². The van der Waals surface area contributed by atoms with Gasteiger partial charge in [0.1, 0.15) is 12.8 Å². The molecule has 2 aliphatic heterocycles. The molecule has 4 rings (SSSR count). The monoisotopic (exact) mass is 465 g/mol. The molecule has 0 radical (unpaired) electrons. The number of aromatic hydroxyl groups is 1. The van der Waals surface area contributed by atoms with Crippen molar-refractivity contribution in [2.45, 2.75) is 45.4 Å². The third-order valence-electron chi connectivity index (χ3n) is 7.59. The molecule has 0 fully saturated rings. The van der Waals surface area contributed by atoms with Gasteiger partial charge in [-0.25, -0.2) is 0 Å². The number of nitrogens with zero attached hydrogens (tertiary/aromatic N) is 2. The Morgan fingerprint density at radius 1 is 0.971 bits per heavy atom. The van der Waals surface area contributed by atoms with Crippen LogP contribution in [0.2, 0.25) is 0 Å². The maximum atomic E-state index is 9.98. The third-order valence-corrected chi connectivity index (χ3v) is 7.59. The van der Waals surface area contributed by atoms with Crippen LogP contribution in [0.15, 0.2) is 79.1 Å². The Balaban J connectivity index is 1.64. The van der Waals surface area contributed by atoms with Crippen LogP contribution in [0.4, 0.5) is 11.4 Å². The number of hydrogen-bond acceptors (Lipinski definition) is 2. The van der Waals surface area contributed by atoms with Gasteiger partial charge in [-0.2, -0.15) is 4.58 Å². The van der Waals surface area contributed by atoms with E-state index in [1.54, 1.807) is 6.07 Å².